The summed E-state index contributed by atoms with van der Waals surface area (Å²) in [6.45, 7) is 2.72. The number of amides is 1. The first-order chi connectivity index (χ1) is 17.1. The van der Waals surface area contributed by atoms with Gasteiger partial charge in [0.1, 0.15) is 29.3 Å². The van der Waals surface area contributed by atoms with E-state index in [9.17, 15) is 15.3 Å². The quantitative estimate of drug-likeness (QED) is 0.312. The maximum atomic E-state index is 12.9. The Hall–Kier alpha value is -4.07. The number of rotatable bonds is 8. The summed E-state index contributed by atoms with van der Waals surface area (Å²) in [5.41, 5.74) is 3.18. The van der Waals surface area contributed by atoms with Crippen LogP contribution in [0.15, 0.2) is 54.1 Å². The summed E-state index contributed by atoms with van der Waals surface area (Å²) in [6.07, 6.45) is 5.41. The van der Waals surface area contributed by atoms with Gasteiger partial charge < -0.3 is 14.8 Å². The fourth-order valence-electron chi connectivity index (χ4n) is 4.00. The first-order valence-corrected chi connectivity index (χ1v) is 12.4. The number of hydrogen-bond donors (Lipinski definition) is 1. The Morgan fingerprint density at radius 2 is 1.89 bits per heavy atom. The summed E-state index contributed by atoms with van der Waals surface area (Å²) in [4.78, 5) is 14.1. The van der Waals surface area contributed by atoms with Crippen LogP contribution >= 0.6 is 11.3 Å². The molecule has 0 unspecified atom stereocenters. The molecule has 1 aromatic heterocycles. The minimum Gasteiger partial charge on any atom is -0.490 e. The maximum Gasteiger partial charge on any atom is 0.266 e. The van der Waals surface area contributed by atoms with Gasteiger partial charge in [0, 0.05) is 4.88 Å². The number of aryl methyl sites for hydroxylation is 1. The molecule has 0 bridgehead atoms. The minimum absolute atomic E-state index is 0.0549. The van der Waals surface area contributed by atoms with Crippen LogP contribution in [-0.4, -0.2) is 12.5 Å². The Bertz CT molecular complexity index is 1330. The molecule has 6 nitrogen and oxygen atoms in total. The van der Waals surface area contributed by atoms with Crippen LogP contribution in [-0.2, 0) is 24.2 Å². The fraction of sp³-hybridized carbons (Fsp3) is 0.250. The Labute approximate surface area is 209 Å². The molecule has 0 fully saturated rings. The van der Waals surface area contributed by atoms with Crippen LogP contribution < -0.4 is 14.8 Å². The highest BCUT2D eigenvalue weighted by Gasteiger charge is 2.22. The Morgan fingerprint density at radius 3 is 2.63 bits per heavy atom. The molecule has 2 aromatic carbocycles. The monoisotopic (exact) mass is 483 g/mol. The smallest absolute Gasteiger partial charge is 0.266 e. The number of anilines is 1. The van der Waals surface area contributed by atoms with Crippen molar-refractivity contribution < 1.29 is 14.3 Å². The molecule has 0 radical (unpaired) electrons. The van der Waals surface area contributed by atoms with Crippen LogP contribution in [0.25, 0.3) is 6.08 Å². The molecule has 4 rings (SSSR count). The Morgan fingerprint density at radius 1 is 1.09 bits per heavy atom. The third-order valence-electron chi connectivity index (χ3n) is 5.69. The molecular weight excluding hydrogens is 458 g/mol. The van der Waals surface area contributed by atoms with Crippen molar-refractivity contribution in [1.29, 1.82) is 10.5 Å². The second-order valence-corrected chi connectivity index (χ2v) is 9.17. The van der Waals surface area contributed by atoms with E-state index in [1.54, 1.807) is 18.2 Å². The number of fused-ring (bicyclic) bond motifs is 1. The van der Waals surface area contributed by atoms with Crippen molar-refractivity contribution in [3.05, 3.63) is 81.2 Å². The number of nitrogens with zero attached hydrogens (tertiary/aromatic N) is 2. The van der Waals surface area contributed by atoms with Crippen LogP contribution in [0.2, 0.25) is 0 Å². The zero-order valence-corrected chi connectivity index (χ0v) is 20.3. The number of hydrogen-bond acceptors (Lipinski definition) is 6. The summed E-state index contributed by atoms with van der Waals surface area (Å²) in [5.74, 6) is 0.580. The first-order valence-electron chi connectivity index (χ1n) is 11.5. The average molecular weight is 484 g/mol. The molecule has 0 saturated carbocycles. The van der Waals surface area contributed by atoms with Gasteiger partial charge >= 0.3 is 0 Å². The number of carbonyl (C=O) groups is 1. The summed E-state index contributed by atoms with van der Waals surface area (Å²) in [5, 5.41) is 22.6. The summed E-state index contributed by atoms with van der Waals surface area (Å²) >= 11 is 1.44. The normalized spacial score (nSPS) is 12.7. The molecule has 0 atom stereocenters. The summed E-state index contributed by atoms with van der Waals surface area (Å²) in [6, 6.07) is 19.3. The van der Waals surface area contributed by atoms with Gasteiger partial charge in [0.25, 0.3) is 5.91 Å². The van der Waals surface area contributed by atoms with Crippen LogP contribution in [0.3, 0.4) is 0 Å². The van der Waals surface area contributed by atoms with E-state index in [0.29, 0.717) is 40.8 Å². The molecule has 1 N–H and O–H groups in total. The second kappa shape index (κ2) is 11.4. The van der Waals surface area contributed by atoms with Gasteiger partial charge in [0.2, 0.25) is 0 Å². The highest BCUT2D eigenvalue weighted by Crippen LogP contribution is 2.38. The van der Waals surface area contributed by atoms with Crippen molar-refractivity contribution in [1.82, 2.24) is 0 Å². The van der Waals surface area contributed by atoms with Crippen molar-refractivity contribution in [3.63, 3.8) is 0 Å². The molecule has 0 spiro atoms. The molecule has 3 aromatic rings. The molecule has 176 valence electrons. The lowest BCUT2D eigenvalue weighted by atomic mass is 9.96. The van der Waals surface area contributed by atoms with Gasteiger partial charge in [-0.25, -0.2) is 0 Å². The van der Waals surface area contributed by atoms with Gasteiger partial charge in [-0.15, -0.1) is 11.3 Å². The van der Waals surface area contributed by atoms with Crippen LogP contribution in [0.1, 0.15) is 46.9 Å². The zero-order valence-electron chi connectivity index (χ0n) is 19.5. The SMILES string of the molecule is CCOc1cc(C=C(C#N)C(=O)Nc2sc3c(c2C#N)CCCC3)ccc1OCc1ccccc1. The third kappa shape index (κ3) is 5.71. The van der Waals surface area contributed by atoms with Crippen molar-refractivity contribution in [2.75, 3.05) is 11.9 Å². The van der Waals surface area contributed by atoms with E-state index in [2.05, 4.69) is 11.4 Å². The lowest BCUT2D eigenvalue weighted by Gasteiger charge is -2.13. The fourth-order valence-corrected chi connectivity index (χ4v) is 5.23. The molecule has 35 heavy (non-hydrogen) atoms. The molecular formula is C28H25N3O3S. The van der Waals surface area contributed by atoms with Gasteiger partial charge in [-0.2, -0.15) is 10.5 Å². The van der Waals surface area contributed by atoms with E-state index in [-0.39, 0.29) is 5.57 Å². The van der Waals surface area contributed by atoms with Gasteiger partial charge in [0.15, 0.2) is 11.5 Å². The van der Waals surface area contributed by atoms with Gasteiger partial charge in [-0.05, 0) is 67.5 Å². The molecule has 1 aliphatic carbocycles. The van der Waals surface area contributed by atoms with Crippen LogP contribution in [0, 0.1) is 22.7 Å². The number of nitrogens with one attached hydrogen (secondary N) is 1. The predicted molar refractivity (Wildman–Crippen MR) is 136 cm³/mol. The predicted octanol–water partition coefficient (Wildman–Crippen LogP) is 6.02. The maximum absolute atomic E-state index is 12.9. The lowest BCUT2D eigenvalue weighted by Crippen LogP contribution is -2.13. The van der Waals surface area contributed by atoms with Crippen molar-refractivity contribution in [2.24, 2.45) is 0 Å². The van der Waals surface area contributed by atoms with Crippen LogP contribution in [0.4, 0.5) is 5.00 Å². The molecule has 1 amide bonds. The molecule has 1 aliphatic rings. The van der Waals surface area contributed by atoms with Crippen molar-refractivity contribution >= 4 is 28.3 Å². The third-order valence-corrected chi connectivity index (χ3v) is 6.90. The Kier molecular flexibility index (Phi) is 7.82. The topological polar surface area (TPSA) is 95.1 Å². The standard InChI is InChI=1S/C28H25N3O3S/c1-2-33-25-15-20(12-13-24(25)34-18-19-8-4-3-5-9-19)14-21(16-29)27(32)31-28-23(17-30)22-10-6-7-11-26(22)35-28/h3-5,8-9,12-15H,2,6-7,10-11,18H2,1H3,(H,31,32). The van der Waals surface area contributed by atoms with E-state index in [0.717, 1.165) is 41.7 Å². The van der Waals surface area contributed by atoms with Crippen molar-refractivity contribution in [2.45, 2.75) is 39.2 Å². The van der Waals surface area contributed by atoms with E-state index < -0.39 is 5.91 Å². The molecule has 0 aliphatic heterocycles. The highest BCUT2D eigenvalue weighted by atomic mass is 32.1. The second-order valence-electron chi connectivity index (χ2n) is 8.06. The highest BCUT2D eigenvalue weighted by molar-refractivity contribution is 7.16. The summed E-state index contributed by atoms with van der Waals surface area (Å²) < 4.78 is 11.7. The number of ether oxygens (including phenoxy) is 2. The van der Waals surface area contributed by atoms with E-state index in [1.165, 1.54) is 17.4 Å². The van der Waals surface area contributed by atoms with Crippen LogP contribution in [0.5, 0.6) is 11.5 Å². The van der Waals surface area contributed by atoms with Gasteiger partial charge in [-0.1, -0.05) is 36.4 Å². The van der Waals surface area contributed by atoms with Gasteiger partial charge in [-0.3, -0.25) is 4.79 Å². The van der Waals surface area contributed by atoms with Crippen molar-refractivity contribution in [3.8, 4) is 23.6 Å². The Balaban J connectivity index is 1.53. The van der Waals surface area contributed by atoms with E-state index in [1.807, 2.05) is 43.3 Å². The largest absolute Gasteiger partial charge is 0.490 e. The minimum atomic E-state index is -0.537. The van der Waals surface area contributed by atoms with Gasteiger partial charge in [0.05, 0.1) is 12.2 Å². The molecule has 0 saturated heterocycles. The average Bonchev–Trinajstić information content (AvgIpc) is 3.24. The van der Waals surface area contributed by atoms with E-state index >= 15 is 0 Å². The lowest BCUT2D eigenvalue weighted by molar-refractivity contribution is -0.112. The first kappa shape index (κ1) is 24.1. The number of carbonyl (C=O) groups excluding carboxylic acids is 1. The molecule has 1 heterocycles. The summed E-state index contributed by atoms with van der Waals surface area (Å²) in [7, 11) is 0. The molecule has 7 heteroatoms. The zero-order chi connectivity index (χ0) is 24.6. The number of benzene rings is 2. The number of nitriles is 2. The number of thiophene rings is 1. The van der Waals surface area contributed by atoms with E-state index in [4.69, 9.17) is 9.47 Å².